The highest BCUT2D eigenvalue weighted by Crippen LogP contribution is 2.33. The van der Waals surface area contributed by atoms with E-state index in [1.165, 1.54) is 31.2 Å². The maximum Gasteiger partial charge on any atom is 0.191 e. The summed E-state index contributed by atoms with van der Waals surface area (Å²) in [6.07, 6.45) is 5.51. The first-order valence-electron chi connectivity index (χ1n) is 7.44. The molecule has 1 aromatic rings. The van der Waals surface area contributed by atoms with Gasteiger partial charge in [-0.15, -0.1) is 0 Å². The number of nitrogens with one attached hydrogen (secondary N) is 2. The Kier molecular flexibility index (Phi) is 5.73. The molecular weight excluding hydrogens is 234 g/mol. The number of nitrogens with zero attached hydrogens (tertiary/aromatic N) is 1. The van der Waals surface area contributed by atoms with Crippen molar-refractivity contribution >= 4 is 5.96 Å². The van der Waals surface area contributed by atoms with Crippen LogP contribution in [0.4, 0.5) is 0 Å². The van der Waals surface area contributed by atoms with Crippen molar-refractivity contribution in [2.45, 2.75) is 39.2 Å². The van der Waals surface area contributed by atoms with Crippen molar-refractivity contribution in [3.05, 3.63) is 35.9 Å². The van der Waals surface area contributed by atoms with Crippen molar-refractivity contribution in [2.75, 3.05) is 13.1 Å². The van der Waals surface area contributed by atoms with E-state index in [4.69, 9.17) is 0 Å². The van der Waals surface area contributed by atoms with Crippen LogP contribution in [0.1, 0.15) is 38.2 Å². The molecule has 3 nitrogen and oxygen atoms in total. The third-order valence-corrected chi connectivity index (χ3v) is 3.39. The fourth-order valence-electron chi connectivity index (χ4n) is 2.10. The molecule has 104 valence electrons. The van der Waals surface area contributed by atoms with Gasteiger partial charge in [-0.3, -0.25) is 0 Å². The van der Waals surface area contributed by atoms with E-state index in [0.717, 1.165) is 31.5 Å². The quantitative estimate of drug-likeness (QED) is 0.449. The van der Waals surface area contributed by atoms with Crippen LogP contribution >= 0.6 is 0 Å². The highest BCUT2D eigenvalue weighted by Gasteiger charge is 2.19. The van der Waals surface area contributed by atoms with E-state index in [-0.39, 0.29) is 0 Å². The summed E-state index contributed by atoms with van der Waals surface area (Å²) in [6, 6.07) is 10.4. The molecule has 2 N–H and O–H groups in total. The summed E-state index contributed by atoms with van der Waals surface area (Å²) in [5.41, 5.74) is 1.25. The Hall–Kier alpha value is -1.51. The third-order valence-electron chi connectivity index (χ3n) is 3.39. The van der Waals surface area contributed by atoms with E-state index < -0.39 is 0 Å². The predicted octanol–water partition coefficient (Wildman–Crippen LogP) is 2.93. The lowest BCUT2D eigenvalue weighted by molar-refractivity contribution is 0.645. The van der Waals surface area contributed by atoms with Gasteiger partial charge in [-0.05, 0) is 31.2 Å². The summed E-state index contributed by atoms with van der Waals surface area (Å²) in [5, 5.41) is 6.71. The number of guanidine groups is 1. The van der Waals surface area contributed by atoms with Crippen LogP contribution in [-0.4, -0.2) is 19.0 Å². The molecule has 0 heterocycles. The van der Waals surface area contributed by atoms with Crippen LogP contribution in [0.5, 0.6) is 0 Å². The lowest BCUT2D eigenvalue weighted by Gasteiger charge is -2.11. The number of hydrogen-bond acceptors (Lipinski definition) is 1. The van der Waals surface area contributed by atoms with Crippen LogP contribution in [0.15, 0.2) is 35.3 Å². The molecule has 19 heavy (non-hydrogen) atoms. The fraction of sp³-hybridized carbons (Fsp3) is 0.562. The maximum absolute atomic E-state index is 4.61. The van der Waals surface area contributed by atoms with Crippen LogP contribution in [0.25, 0.3) is 0 Å². The lowest BCUT2D eigenvalue weighted by atomic mass is 10.2. The van der Waals surface area contributed by atoms with E-state index in [2.05, 4.69) is 46.8 Å². The van der Waals surface area contributed by atoms with Gasteiger partial charge < -0.3 is 10.6 Å². The molecule has 0 saturated heterocycles. The Morgan fingerprint density at radius 2 is 2.00 bits per heavy atom. The topological polar surface area (TPSA) is 36.4 Å². The fourth-order valence-corrected chi connectivity index (χ4v) is 2.10. The average Bonchev–Trinajstić information content (AvgIpc) is 3.26. The molecule has 0 atom stereocenters. The van der Waals surface area contributed by atoms with Crippen LogP contribution < -0.4 is 10.6 Å². The van der Waals surface area contributed by atoms with Gasteiger partial charge in [0.15, 0.2) is 5.96 Å². The Morgan fingerprint density at radius 3 is 2.68 bits per heavy atom. The number of aliphatic imine (C=N–C) groups is 1. The minimum absolute atomic E-state index is 0.735. The molecular formula is C16H25N3. The zero-order chi connectivity index (χ0) is 13.3. The summed E-state index contributed by atoms with van der Waals surface area (Å²) in [7, 11) is 0. The molecule has 1 aliphatic carbocycles. The maximum atomic E-state index is 4.61. The summed E-state index contributed by atoms with van der Waals surface area (Å²) < 4.78 is 0. The molecule has 1 aromatic carbocycles. The Bertz CT molecular complexity index is 382. The van der Waals surface area contributed by atoms with Crippen LogP contribution in [0.3, 0.4) is 0 Å². The molecule has 0 aromatic heterocycles. The second-order valence-electron chi connectivity index (χ2n) is 5.19. The first-order valence-corrected chi connectivity index (χ1v) is 7.44. The van der Waals surface area contributed by atoms with Crippen LogP contribution in [0.2, 0.25) is 0 Å². The van der Waals surface area contributed by atoms with E-state index in [1.807, 2.05) is 6.07 Å². The first-order chi connectivity index (χ1) is 9.38. The summed E-state index contributed by atoms with van der Waals surface area (Å²) in [5.74, 6) is 1.95. The van der Waals surface area contributed by atoms with E-state index in [9.17, 15) is 0 Å². The summed E-state index contributed by atoms with van der Waals surface area (Å²) >= 11 is 0. The Morgan fingerprint density at radius 1 is 1.21 bits per heavy atom. The third kappa shape index (κ3) is 5.77. The molecule has 0 radical (unpaired) electrons. The van der Waals surface area contributed by atoms with Crippen molar-refractivity contribution in [1.29, 1.82) is 0 Å². The van der Waals surface area contributed by atoms with Gasteiger partial charge in [0, 0.05) is 13.1 Å². The average molecular weight is 259 g/mol. The van der Waals surface area contributed by atoms with Gasteiger partial charge in [0.1, 0.15) is 0 Å². The van der Waals surface area contributed by atoms with Gasteiger partial charge in [-0.1, -0.05) is 43.2 Å². The Labute approximate surface area is 116 Å². The van der Waals surface area contributed by atoms with Crippen molar-refractivity contribution in [3.63, 3.8) is 0 Å². The second-order valence-corrected chi connectivity index (χ2v) is 5.19. The molecule has 0 aliphatic heterocycles. The molecule has 0 unspecified atom stereocenters. The summed E-state index contributed by atoms with van der Waals surface area (Å²) in [6.45, 7) is 4.77. The predicted molar refractivity (Wildman–Crippen MR) is 81.2 cm³/mol. The molecule has 1 saturated carbocycles. The SMILES string of the molecule is CCNC(=NCc1ccccc1)NCCCC1CC1. The summed E-state index contributed by atoms with van der Waals surface area (Å²) in [4.78, 5) is 4.61. The largest absolute Gasteiger partial charge is 0.357 e. The molecule has 0 amide bonds. The highest BCUT2D eigenvalue weighted by molar-refractivity contribution is 5.79. The molecule has 3 heteroatoms. The molecule has 2 rings (SSSR count). The normalized spacial score (nSPS) is 15.3. The minimum Gasteiger partial charge on any atom is -0.357 e. The highest BCUT2D eigenvalue weighted by atomic mass is 15.2. The van der Waals surface area contributed by atoms with Crippen molar-refractivity contribution in [3.8, 4) is 0 Å². The van der Waals surface area contributed by atoms with Gasteiger partial charge >= 0.3 is 0 Å². The van der Waals surface area contributed by atoms with Crippen molar-refractivity contribution in [2.24, 2.45) is 10.9 Å². The van der Waals surface area contributed by atoms with Gasteiger partial charge in [0.05, 0.1) is 6.54 Å². The molecule has 1 aliphatic rings. The van der Waals surface area contributed by atoms with E-state index >= 15 is 0 Å². The second kappa shape index (κ2) is 7.82. The number of benzene rings is 1. The van der Waals surface area contributed by atoms with Gasteiger partial charge in [-0.25, -0.2) is 4.99 Å². The smallest absolute Gasteiger partial charge is 0.191 e. The molecule has 1 fully saturated rings. The van der Waals surface area contributed by atoms with Gasteiger partial charge in [0.2, 0.25) is 0 Å². The lowest BCUT2D eigenvalue weighted by Crippen LogP contribution is -2.37. The Balaban J connectivity index is 1.73. The minimum atomic E-state index is 0.735. The molecule has 0 spiro atoms. The van der Waals surface area contributed by atoms with E-state index in [0.29, 0.717) is 0 Å². The molecule has 0 bridgehead atoms. The van der Waals surface area contributed by atoms with Gasteiger partial charge in [0.25, 0.3) is 0 Å². The standard InChI is InChI=1S/C16H25N3/c1-2-17-16(18-12-6-9-14-10-11-14)19-13-15-7-4-3-5-8-15/h3-5,7-8,14H,2,6,9-13H2,1H3,(H2,17,18,19). The van der Waals surface area contributed by atoms with Crippen molar-refractivity contribution < 1.29 is 0 Å². The van der Waals surface area contributed by atoms with Crippen molar-refractivity contribution in [1.82, 2.24) is 10.6 Å². The van der Waals surface area contributed by atoms with Crippen LogP contribution in [-0.2, 0) is 6.54 Å². The van der Waals surface area contributed by atoms with Crippen LogP contribution in [0, 0.1) is 5.92 Å². The van der Waals surface area contributed by atoms with Gasteiger partial charge in [-0.2, -0.15) is 0 Å². The number of rotatable bonds is 7. The zero-order valence-electron chi connectivity index (χ0n) is 11.9. The monoisotopic (exact) mass is 259 g/mol. The number of hydrogen-bond donors (Lipinski definition) is 2. The van der Waals surface area contributed by atoms with E-state index in [1.54, 1.807) is 0 Å². The first kappa shape index (κ1) is 13.9. The zero-order valence-corrected chi connectivity index (χ0v) is 11.9.